The Kier molecular flexibility index (Phi) is 5.75. The lowest BCUT2D eigenvalue weighted by Gasteiger charge is -2.16. The lowest BCUT2D eigenvalue weighted by molar-refractivity contribution is 1.04. The number of pyridine rings is 1. The summed E-state index contributed by atoms with van der Waals surface area (Å²) in [6, 6.07) is 50.8. The molecule has 0 spiro atoms. The molecule has 42 heavy (non-hydrogen) atoms. The Morgan fingerprint density at radius 1 is 0.476 bits per heavy atom. The average Bonchev–Trinajstić information content (AvgIpc) is 3.70. The summed E-state index contributed by atoms with van der Waals surface area (Å²) in [5.74, 6) is 0.858. The van der Waals surface area contributed by atoms with Gasteiger partial charge < -0.3 is 4.57 Å². The van der Waals surface area contributed by atoms with Crippen LogP contribution in [0.15, 0.2) is 158 Å². The van der Waals surface area contributed by atoms with E-state index in [9.17, 15) is 0 Å². The Labute approximate surface area is 243 Å². The highest BCUT2D eigenvalue weighted by Crippen LogP contribution is 2.39. The lowest BCUT2D eigenvalue weighted by atomic mass is 9.90. The van der Waals surface area contributed by atoms with Crippen LogP contribution < -0.4 is 0 Å². The molecule has 0 amide bonds. The van der Waals surface area contributed by atoms with E-state index >= 15 is 0 Å². The number of imidazole rings is 1. The largest absolute Gasteiger partial charge is 0.316 e. The molecule has 3 aromatic heterocycles. The van der Waals surface area contributed by atoms with Crippen LogP contribution in [0.1, 0.15) is 0 Å². The predicted octanol–water partition coefficient (Wildman–Crippen LogP) is 9.37. The molecule has 198 valence electrons. The average molecular weight is 539 g/mol. The van der Waals surface area contributed by atoms with Crippen LogP contribution in [0.5, 0.6) is 0 Å². The monoisotopic (exact) mass is 538 g/mol. The standard InChI is InChI=1S/C38H26N4/c1-3-13-27(14-4-1)29-17-7-8-18-30(29)31-19-9-10-20-32(31)35-25-37-33(23-24-41(37)28-15-5-2-6-16-28)38(40-35)42-26-39-34-21-11-12-22-36(34)42/h1-26H. The summed E-state index contributed by atoms with van der Waals surface area (Å²) in [4.78, 5) is 10.1. The number of hydrogen-bond acceptors (Lipinski definition) is 2. The summed E-state index contributed by atoms with van der Waals surface area (Å²) in [6.07, 6.45) is 4.01. The molecule has 0 atom stereocenters. The zero-order valence-corrected chi connectivity index (χ0v) is 22.8. The van der Waals surface area contributed by atoms with E-state index < -0.39 is 0 Å². The highest BCUT2D eigenvalue weighted by molar-refractivity contribution is 5.96. The van der Waals surface area contributed by atoms with Crippen molar-refractivity contribution in [2.45, 2.75) is 0 Å². The third-order valence-corrected chi connectivity index (χ3v) is 7.89. The summed E-state index contributed by atoms with van der Waals surface area (Å²) in [5.41, 5.74) is 10.8. The van der Waals surface area contributed by atoms with E-state index in [0.29, 0.717) is 0 Å². The maximum absolute atomic E-state index is 5.37. The molecule has 8 aromatic rings. The molecule has 3 heterocycles. The first-order valence-corrected chi connectivity index (χ1v) is 14.1. The summed E-state index contributed by atoms with van der Waals surface area (Å²) in [7, 11) is 0. The molecule has 0 saturated heterocycles. The van der Waals surface area contributed by atoms with Crippen molar-refractivity contribution in [3.8, 4) is 45.0 Å². The van der Waals surface area contributed by atoms with Gasteiger partial charge in [-0.15, -0.1) is 0 Å². The van der Waals surface area contributed by atoms with Crippen LogP contribution in [0, 0.1) is 0 Å². The molecule has 0 saturated carbocycles. The molecule has 0 aliphatic carbocycles. The van der Waals surface area contributed by atoms with Crippen molar-refractivity contribution >= 4 is 21.9 Å². The number of nitrogens with zero attached hydrogens (tertiary/aromatic N) is 4. The molecule has 0 aliphatic rings. The zero-order valence-electron chi connectivity index (χ0n) is 22.8. The minimum absolute atomic E-state index is 0.858. The molecule has 4 nitrogen and oxygen atoms in total. The number of rotatable bonds is 5. The van der Waals surface area contributed by atoms with E-state index in [4.69, 9.17) is 9.97 Å². The fraction of sp³-hybridized carbons (Fsp3) is 0. The first-order valence-electron chi connectivity index (χ1n) is 14.1. The maximum atomic E-state index is 5.37. The Morgan fingerprint density at radius 3 is 1.88 bits per heavy atom. The second-order valence-corrected chi connectivity index (χ2v) is 10.3. The molecule has 0 unspecified atom stereocenters. The zero-order chi connectivity index (χ0) is 27.9. The van der Waals surface area contributed by atoms with Crippen LogP contribution in [-0.4, -0.2) is 19.1 Å². The van der Waals surface area contributed by atoms with Crippen LogP contribution in [0.4, 0.5) is 0 Å². The van der Waals surface area contributed by atoms with Crippen molar-refractivity contribution < 1.29 is 0 Å². The topological polar surface area (TPSA) is 35.6 Å². The minimum Gasteiger partial charge on any atom is -0.316 e. The smallest absolute Gasteiger partial charge is 0.148 e. The van der Waals surface area contributed by atoms with Crippen molar-refractivity contribution in [1.29, 1.82) is 0 Å². The molecule has 8 rings (SSSR count). The van der Waals surface area contributed by atoms with Gasteiger partial charge in [0, 0.05) is 22.8 Å². The second-order valence-electron chi connectivity index (χ2n) is 10.3. The van der Waals surface area contributed by atoms with Crippen molar-refractivity contribution in [2.24, 2.45) is 0 Å². The fourth-order valence-electron chi connectivity index (χ4n) is 5.91. The normalized spacial score (nSPS) is 11.3. The molecule has 0 radical (unpaired) electrons. The molecule has 0 fully saturated rings. The SMILES string of the molecule is c1ccc(-c2ccccc2-c2ccccc2-c2cc3c(ccn3-c3ccccc3)c(-n3cnc4ccccc43)n2)cc1. The Balaban J connectivity index is 1.41. The number of aromatic nitrogens is 4. The molecule has 0 bridgehead atoms. The number of fused-ring (bicyclic) bond motifs is 2. The first kappa shape index (κ1) is 24.1. The fourth-order valence-corrected chi connectivity index (χ4v) is 5.91. The summed E-state index contributed by atoms with van der Waals surface area (Å²) in [6.45, 7) is 0. The highest BCUT2D eigenvalue weighted by atomic mass is 15.1. The Hall–Kier alpha value is -5.74. The van der Waals surface area contributed by atoms with Gasteiger partial charge in [-0.1, -0.05) is 109 Å². The highest BCUT2D eigenvalue weighted by Gasteiger charge is 2.18. The van der Waals surface area contributed by atoms with Gasteiger partial charge in [0.1, 0.15) is 12.1 Å². The van der Waals surface area contributed by atoms with Crippen LogP contribution in [0.3, 0.4) is 0 Å². The van der Waals surface area contributed by atoms with Crippen LogP contribution in [0.25, 0.3) is 67.0 Å². The summed E-state index contributed by atoms with van der Waals surface area (Å²) < 4.78 is 4.35. The van der Waals surface area contributed by atoms with Gasteiger partial charge in [0.25, 0.3) is 0 Å². The third kappa shape index (κ3) is 4.01. The Bertz CT molecular complexity index is 2190. The molecular formula is C38H26N4. The van der Waals surface area contributed by atoms with Gasteiger partial charge in [-0.3, -0.25) is 4.57 Å². The van der Waals surface area contributed by atoms with Gasteiger partial charge >= 0.3 is 0 Å². The second kappa shape index (κ2) is 10.0. The van der Waals surface area contributed by atoms with E-state index in [2.05, 4.69) is 137 Å². The van der Waals surface area contributed by atoms with E-state index in [0.717, 1.165) is 50.3 Å². The minimum atomic E-state index is 0.858. The van der Waals surface area contributed by atoms with Gasteiger partial charge in [-0.05, 0) is 58.7 Å². The lowest BCUT2D eigenvalue weighted by Crippen LogP contribution is -2.01. The van der Waals surface area contributed by atoms with Crippen LogP contribution in [0.2, 0.25) is 0 Å². The maximum Gasteiger partial charge on any atom is 0.148 e. The van der Waals surface area contributed by atoms with Gasteiger partial charge in [-0.2, -0.15) is 0 Å². The predicted molar refractivity (Wildman–Crippen MR) is 172 cm³/mol. The number of para-hydroxylation sites is 3. The van der Waals surface area contributed by atoms with Gasteiger partial charge in [0.15, 0.2) is 0 Å². The molecule has 0 aliphatic heterocycles. The molecule has 0 N–H and O–H groups in total. The van der Waals surface area contributed by atoms with Gasteiger partial charge in [0.05, 0.1) is 22.2 Å². The molecule has 4 heteroatoms. The summed E-state index contributed by atoms with van der Waals surface area (Å²) in [5, 5.41) is 1.06. The number of hydrogen-bond donors (Lipinski definition) is 0. The third-order valence-electron chi connectivity index (χ3n) is 7.89. The van der Waals surface area contributed by atoms with E-state index in [1.54, 1.807) is 0 Å². The first-order chi connectivity index (χ1) is 20.8. The van der Waals surface area contributed by atoms with Crippen molar-refractivity contribution in [3.63, 3.8) is 0 Å². The van der Waals surface area contributed by atoms with E-state index in [1.165, 1.54) is 16.7 Å². The summed E-state index contributed by atoms with van der Waals surface area (Å²) >= 11 is 0. The van der Waals surface area contributed by atoms with Gasteiger partial charge in [-0.25, -0.2) is 9.97 Å². The van der Waals surface area contributed by atoms with E-state index in [-0.39, 0.29) is 0 Å². The van der Waals surface area contributed by atoms with Crippen LogP contribution >= 0.6 is 0 Å². The number of benzene rings is 5. The van der Waals surface area contributed by atoms with Crippen molar-refractivity contribution in [2.75, 3.05) is 0 Å². The molecule has 5 aromatic carbocycles. The van der Waals surface area contributed by atoms with Crippen LogP contribution in [-0.2, 0) is 0 Å². The van der Waals surface area contributed by atoms with E-state index in [1.807, 2.05) is 30.6 Å². The van der Waals surface area contributed by atoms with Gasteiger partial charge in [0.2, 0.25) is 0 Å². The quantitative estimate of drug-likeness (QED) is 0.219. The van der Waals surface area contributed by atoms with Crippen molar-refractivity contribution in [1.82, 2.24) is 19.1 Å². The van der Waals surface area contributed by atoms with Crippen molar-refractivity contribution in [3.05, 3.63) is 158 Å². The Morgan fingerprint density at radius 2 is 1.10 bits per heavy atom. The molecular weight excluding hydrogens is 512 g/mol.